The molecule has 4 rings (SSSR count). The average Bonchev–Trinajstić information content (AvgIpc) is 3.43. The molecule has 0 aliphatic carbocycles. The largest absolute Gasteiger partial charge is 0.296 e. The number of nitrogens with zero attached hydrogens (tertiary/aromatic N) is 4. The van der Waals surface area contributed by atoms with Crippen molar-refractivity contribution in [3.05, 3.63) is 71.3 Å². The minimum absolute atomic E-state index is 0.0762. The lowest BCUT2D eigenvalue weighted by molar-refractivity contribution is 0.102. The standard InChI is InChI=1S/C19H16N6O3S4/c1-12-7-9-14(10-8-12)15(26)20-16-21-24-19(31-16)32(27,28)25-17-22-23-18(30-17)29-11-13-5-3-2-4-6-13/h2-10H,11H2,1H3,(H,22,25)(H,20,21,26). The smallest absolute Gasteiger partial charge is 0.293 e. The Balaban J connectivity index is 1.38. The first-order valence-electron chi connectivity index (χ1n) is 9.14. The fourth-order valence-corrected chi connectivity index (χ4v) is 6.26. The molecule has 164 valence electrons. The predicted octanol–water partition coefficient (Wildman–Crippen LogP) is 4.04. The highest BCUT2D eigenvalue weighted by molar-refractivity contribution is 8.00. The lowest BCUT2D eigenvalue weighted by Gasteiger charge is -2.01. The first-order chi connectivity index (χ1) is 15.4. The van der Waals surface area contributed by atoms with Crippen LogP contribution in [0.2, 0.25) is 0 Å². The predicted molar refractivity (Wildman–Crippen MR) is 126 cm³/mol. The van der Waals surface area contributed by atoms with E-state index in [1.54, 1.807) is 12.1 Å². The van der Waals surface area contributed by atoms with Gasteiger partial charge in [0.25, 0.3) is 20.3 Å². The number of aryl methyl sites for hydroxylation is 1. The third-order valence-electron chi connectivity index (χ3n) is 4.00. The van der Waals surface area contributed by atoms with Gasteiger partial charge in [0.2, 0.25) is 10.3 Å². The maximum Gasteiger partial charge on any atom is 0.293 e. The Morgan fingerprint density at radius 1 is 0.938 bits per heavy atom. The molecule has 2 N–H and O–H groups in total. The summed E-state index contributed by atoms with van der Waals surface area (Å²) in [5.41, 5.74) is 2.59. The van der Waals surface area contributed by atoms with E-state index in [0.717, 1.165) is 33.8 Å². The number of amides is 1. The van der Waals surface area contributed by atoms with Crippen LogP contribution in [0, 0.1) is 6.92 Å². The fourth-order valence-electron chi connectivity index (χ4n) is 2.43. The molecule has 0 fully saturated rings. The van der Waals surface area contributed by atoms with Crippen LogP contribution in [0.1, 0.15) is 21.5 Å². The van der Waals surface area contributed by atoms with Gasteiger partial charge >= 0.3 is 0 Å². The molecule has 0 radical (unpaired) electrons. The summed E-state index contributed by atoms with van der Waals surface area (Å²) in [6.45, 7) is 1.92. The van der Waals surface area contributed by atoms with Crippen molar-refractivity contribution in [1.29, 1.82) is 0 Å². The molecule has 0 spiro atoms. The molecule has 2 heterocycles. The van der Waals surface area contributed by atoms with Crippen LogP contribution in [0.3, 0.4) is 0 Å². The van der Waals surface area contributed by atoms with Crippen LogP contribution in [-0.2, 0) is 15.8 Å². The molecule has 0 atom stereocenters. The minimum atomic E-state index is -4.01. The molecule has 32 heavy (non-hydrogen) atoms. The van der Waals surface area contributed by atoms with Crippen molar-refractivity contribution < 1.29 is 13.2 Å². The fraction of sp³-hybridized carbons (Fsp3) is 0.105. The number of hydrogen-bond donors (Lipinski definition) is 2. The second-order valence-electron chi connectivity index (χ2n) is 6.45. The zero-order valence-corrected chi connectivity index (χ0v) is 19.8. The topological polar surface area (TPSA) is 127 Å². The van der Waals surface area contributed by atoms with Gasteiger partial charge in [0.15, 0.2) is 4.34 Å². The Bertz CT molecular complexity index is 1320. The Hall–Kier alpha value is -2.87. The molecule has 0 aliphatic rings. The van der Waals surface area contributed by atoms with E-state index >= 15 is 0 Å². The Morgan fingerprint density at radius 2 is 1.66 bits per heavy atom. The van der Waals surface area contributed by atoms with Crippen LogP contribution in [0.4, 0.5) is 10.3 Å². The van der Waals surface area contributed by atoms with Crippen molar-refractivity contribution in [3.8, 4) is 0 Å². The highest BCUT2D eigenvalue weighted by atomic mass is 32.2. The maximum absolute atomic E-state index is 12.6. The molecule has 0 saturated heterocycles. The third-order valence-corrected chi connectivity index (χ3v) is 8.72. The number of sulfonamides is 1. The summed E-state index contributed by atoms with van der Waals surface area (Å²) >= 11 is 3.34. The van der Waals surface area contributed by atoms with E-state index in [2.05, 4.69) is 30.4 Å². The summed E-state index contributed by atoms with van der Waals surface area (Å²) in [5.74, 6) is 0.296. The van der Waals surface area contributed by atoms with Gasteiger partial charge in [-0.3, -0.25) is 14.8 Å². The van der Waals surface area contributed by atoms with Crippen molar-refractivity contribution in [1.82, 2.24) is 20.4 Å². The number of anilines is 2. The van der Waals surface area contributed by atoms with Gasteiger partial charge in [-0.05, 0) is 24.6 Å². The van der Waals surface area contributed by atoms with Crippen LogP contribution in [0.5, 0.6) is 0 Å². The summed E-state index contributed by atoms with van der Waals surface area (Å²) < 4.78 is 27.9. The van der Waals surface area contributed by atoms with Gasteiger partial charge < -0.3 is 0 Å². The minimum Gasteiger partial charge on any atom is -0.296 e. The van der Waals surface area contributed by atoms with E-state index in [4.69, 9.17) is 0 Å². The number of nitrogens with one attached hydrogen (secondary N) is 2. The number of rotatable bonds is 8. The van der Waals surface area contributed by atoms with Crippen LogP contribution in [-0.4, -0.2) is 34.7 Å². The van der Waals surface area contributed by atoms with Crippen LogP contribution in [0.15, 0.2) is 63.3 Å². The van der Waals surface area contributed by atoms with E-state index < -0.39 is 15.9 Å². The summed E-state index contributed by atoms with van der Waals surface area (Å²) in [4.78, 5) is 12.3. The zero-order chi connectivity index (χ0) is 22.6. The number of aromatic nitrogens is 4. The Labute approximate surface area is 196 Å². The number of carbonyl (C=O) groups excluding carboxylic acids is 1. The van der Waals surface area contributed by atoms with Gasteiger partial charge in [-0.25, -0.2) is 0 Å². The van der Waals surface area contributed by atoms with Gasteiger partial charge in [0.1, 0.15) is 0 Å². The molecule has 4 aromatic rings. The molecule has 0 aliphatic heterocycles. The second kappa shape index (κ2) is 9.73. The van der Waals surface area contributed by atoms with Gasteiger partial charge in [-0.15, -0.1) is 20.4 Å². The van der Waals surface area contributed by atoms with Gasteiger partial charge in [-0.2, -0.15) is 8.42 Å². The molecule has 2 aromatic carbocycles. The van der Waals surface area contributed by atoms with E-state index in [1.807, 2.05) is 49.4 Å². The number of carbonyl (C=O) groups is 1. The molecule has 2 aromatic heterocycles. The summed E-state index contributed by atoms with van der Waals surface area (Å²) in [6.07, 6.45) is 0. The van der Waals surface area contributed by atoms with Gasteiger partial charge in [-0.1, -0.05) is 82.5 Å². The number of hydrogen-bond acceptors (Lipinski definition) is 10. The van der Waals surface area contributed by atoms with Crippen molar-refractivity contribution in [2.45, 2.75) is 21.4 Å². The number of benzene rings is 2. The van der Waals surface area contributed by atoms with Crippen LogP contribution >= 0.6 is 34.4 Å². The average molecular weight is 505 g/mol. The van der Waals surface area contributed by atoms with Gasteiger partial charge in [0.05, 0.1) is 0 Å². The highest BCUT2D eigenvalue weighted by Crippen LogP contribution is 2.30. The van der Waals surface area contributed by atoms with Crippen LogP contribution < -0.4 is 10.0 Å². The van der Waals surface area contributed by atoms with Gasteiger partial charge in [0, 0.05) is 11.3 Å². The third kappa shape index (κ3) is 5.68. The Kier molecular flexibility index (Phi) is 6.79. The first kappa shape index (κ1) is 22.3. The molecule has 9 nitrogen and oxygen atoms in total. The molecule has 13 heteroatoms. The lowest BCUT2D eigenvalue weighted by Crippen LogP contribution is -2.12. The first-order valence-corrected chi connectivity index (χ1v) is 13.2. The SMILES string of the molecule is Cc1ccc(C(=O)Nc2nnc(S(=O)(=O)Nc3nnc(SCc4ccccc4)s3)s2)cc1. The molecule has 0 bridgehead atoms. The van der Waals surface area contributed by atoms with Crippen molar-refractivity contribution in [2.24, 2.45) is 0 Å². The van der Waals surface area contributed by atoms with E-state index in [1.165, 1.54) is 11.8 Å². The van der Waals surface area contributed by atoms with E-state index in [9.17, 15) is 13.2 Å². The molecular formula is C19H16N6O3S4. The van der Waals surface area contributed by atoms with E-state index in [-0.39, 0.29) is 14.6 Å². The zero-order valence-electron chi connectivity index (χ0n) is 16.5. The molecule has 0 unspecified atom stereocenters. The lowest BCUT2D eigenvalue weighted by atomic mass is 10.1. The highest BCUT2D eigenvalue weighted by Gasteiger charge is 2.23. The summed E-state index contributed by atoms with van der Waals surface area (Å²) in [6, 6.07) is 16.8. The molecule has 1 amide bonds. The maximum atomic E-state index is 12.6. The van der Waals surface area contributed by atoms with Crippen molar-refractivity contribution in [2.75, 3.05) is 10.0 Å². The second-order valence-corrected chi connectivity index (χ2v) is 11.5. The summed E-state index contributed by atoms with van der Waals surface area (Å²) in [7, 11) is -4.01. The van der Waals surface area contributed by atoms with Crippen molar-refractivity contribution in [3.63, 3.8) is 0 Å². The summed E-state index contributed by atoms with van der Waals surface area (Å²) in [5, 5.41) is 18.1. The molecule has 0 saturated carbocycles. The normalized spacial score (nSPS) is 11.3. The molecular weight excluding hydrogens is 489 g/mol. The monoisotopic (exact) mass is 504 g/mol. The van der Waals surface area contributed by atoms with E-state index in [0.29, 0.717) is 15.7 Å². The van der Waals surface area contributed by atoms with Crippen LogP contribution in [0.25, 0.3) is 0 Å². The number of thioether (sulfide) groups is 1. The Morgan fingerprint density at radius 3 is 2.41 bits per heavy atom. The quantitative estimate of drug-likeness (QED) is 0.272. The van der Waals surface area contributed by atoms with Crippen molar-refractivity contribution >= 4 is 60.6 Å².